The number of hydrogen-bond acceptors (Lipinski definition) is 4. The Hall–Kier alpha value is -2.12. The lowest BCUT2D eigenvalue weighted by Crippen LogP contribution is -2.04. The number of halogens is 1. The van der Waals surface area contributed by atoms with E-state index in [1.54, 1.807) is 12.1 Å². The molecule has 1 N–H and O–H groups in total. The average molecular weight is 287 g/mol. The van der Waals surface area contributed by atoms with Gasteiger partial charge in [0.25, 0.3) is 0 Å². The van der Waals surface area contributed by atoms with E-state index in [1.807, 2.05) is 18.2 Å². The van der Waals surface area contributed by atoms with E-state index in [0.717, 1.165) is 24.2 Å². The molecule has 0 unspecified atom stereocenters. The Morgan fingerprint density at radius 2 is 2.15 bits per heavy atom. The largest absolute Gasteiger partial charge is 0.366 e. The van der Waals surface area contributed by atoms with Crippen molar-refractivity contribution in [1.82, 2.24) is 9.97 Å². The topological polar surface area (TPSA) is 61.6 Å². The van der Waals surface area contributed by atoms with Crippen LogP contribution in [0.5, 0.6) is 0 Å². The summed E-state index contributed by atoms with van der Waals surface area (Å²) in [6.07, 6.45) is 1.78. The van der Waals surface area contributed by atoms with Crippen molar-refractivity contribution in [2.24, 2.45) is 0 Å². The molecule has 5 heteroatoms. The van der Waals surface area contributed by atoms with Crippen LogP contribution in [-0.2, 0) is 13.0 Å². The van der Waals surface area contributed by atoms with Crippen molar-refractivity contribution >= 4 is 17.4 Å². The number of aromatic nitrogens is 2. The van der Waals surface area contributed by atoms with Crippen molar-refractivity contribution in [3.05, 3.63) is 52.4 Å². The highest BCUT2D eigenvalue weighted by molar-refractivity contribution is 6.29. The molecule has 1 aromatic heterocycles. The first-order chi connectivity index (χ1) is 9.71. The SMILES string of the molecule is CCCc1nc(Cl)cc(NCc2cccc(C#N)c2)n1. The number of rotatable bonds is 5. The quantitative estimate of drug-likeness (QED) is 0.854. The molecule has 2 aromatic rings. The second-order valence-corrected chi connectivity index (χ2v) is 4.80. The fourth-order valence-corrected chi connectivity index (χ4v) is 2.04. The van der Waals surface area contributed by atoms with Crippen LogP contribution in [0.4, 0.5) is 5.82 Å². The molecule has 0 amide bonds. The summed E-state index contributed by atoms with van der Waals surface area (Å²) in [6, 6.07) is 11.3. The summed E-state index contributed by atoms with van der Waals surface area (Å²) < 4.78 is 0. The molecule has 0 radical (unpaired) electrons. The van der Waals surface area contributed by atoms with Crippen LogP contribution in [0.3, 0.4) is 0 Å². The first kappa shape index (κ1) is 14.3. The molecule has 2 rings (SSSR count). The van der Waals surface area contributed by atoms with E-state index in [-0.39, 0.29) is 0 Å². The number of hydrogen-bond donors (Lipinski definition) is 1. The first-order valence-electron chi connectivity index (χ1n) is 6.47. The summed E-state index contributed by atoms with van der Waals surface area (Å²) in [7, 11) is 0. The van der Waals surface area contributed by atoms with Gasteiger partial charge in [0.05, 0.1) is 11.6 Å². The fourth-order valence-electron chi connectivity index (χ4n) is 1.83. The van der Waals surface area contributed by atoms with E-state index in [2.05, 4.69) is 28.3 Å². The monoisotopic (exact) mass is 286 g/mol. The van der Waals surface area contributed by atoms with Crippen molar-refractivity contribution < 1.29 is 0 Å². The molecule has 20 heavy (non-hydrogen) atoms. The molecule has 0 spiro atoms. The summed E-state index contributed by atoms with van der Waals surface area (Å²) in [5, 5.41) is 12.5. The number of nitriles is 1. The molecule has 0 saturated heterocycles. The zero-order valence-electron chi connectivity index (χ0n) is 11.2. The smallest absolute Gasteiger partial charge is 0.134 e. The lowest BCUT2D eigenvalue weighted by molar-refractivity contribution is 0.834. The third-order valence-electron chi connectivity index (χ3n) is 2.74. The normalized spacial score (nSPS) is 10.1. The lowest BCUT2D eigenvalue weighted by atomic mass is 10.1. The Kier molecular flexibility index (Phi) is 4.91. The summed E-state index contributed by atoms with van der Waals surface area (Å²) in [5.74, 6) is 1.45. The molecule has 0 aliphatic heterocycles. The molecule has 0 saturated carbocycles. The maximum Gasteiger partial charge on any atom is 0.134 e. The standard InChI is InChI=1S/C15H15ClN4/c1-2-4-14-19-13(16)8-15(20-14)18-10-12-6-3-5-11(7-12)9-17/h3,5-8H,2,4,10H2,1H3,(H,18,19,20). The van der Waals surface area contributed by atoms with Crippen molar-refractivity contribution in [1.29, 1.82) is 5.26 Å². The third-order valence-corrected chi connectivity index (χ3v) is 2.94. The van der Waals surface area contributed by atoms with Crippen molar-refractivity contribution in [3.8, 4) is 6.07 Å². The molecule has 4 nitrogen and oxygen atoms in total. The van der Waals surface area contributed by atoms with Gasteiger partial charge in [0.15, 0.2) is 0 Å². The molecular formula is C15H15ClN4. The van der Waals surface area contributed by atoms with Crippen LogP contribution in [0.15, 0.2) is 30.3 Å². The Morgan fingerprint density at radius 1 is 1.30 bits per heavy atom. The van der Waals surface area contributed by atoms with Crippen molar-refractivity contribution in [3.63, 3.8) is 0 Å². The lowest BCUT2D eigenvalue weighted by Gasteiger charge is -2.08. The Balaban J connectivity index is 2.08. The highest BCUT2D eigenvalue weighted by Crippen LogP contribution is 2.14. The van der Waals surface area contributed by atoms with Gasteiger partial charge in [-0.1, -0.05) is 30.7 Å². The van der Waals surface area contributed by atoms with Crippen LogP contribution in [-0.4, -0.2) is 9.97 Å². The van der Waals surface area contributed by atoms with Crippen molar-refractivity contribution in [2.45, 2.75) is 26.3 Å². The zero-order valence-corrected chi connectivity index (χ0v) is 12.0. The Morgan fingerprint density at radius 3 is 2.90 bits per heavy atom. The highest BCUT2D eigenvalue weighted by Gasteiger charge is 2.03. The molecule has 1 aromatic carbocycles. The second-order valence-electron chi connectivity index (χ2n) is 4.41. The molecule has 0 aliphatic rings. The molecule has 0 atom stereocenters. The van der Waals surface area contributed by atoms with Gasteiger partial charge in [-0.25, -0.2) is 9.97 Å². The maximum absolute atomic E-state index is 8.87. The van der Waals surface area contributed by atoms with E-state index < -0.39 is 0 Å². The van der Waals surface area contributed by atoms with Crippen LogP contribution in [0.1, 0.15) is 30.3 Å². The predicted octanol–water partition coefficient (Wildman–Crippen LogP) is 3.57. The molecule has 1 heterocycles. The van der Waals surface area contributed by atoms with Crippen LogP contribution >= 0.6 is 11.6 Å². The first-order valence-corrected chi connectivity index (χ1v) is 6.85. The average Bonchev–Trinajstić information content (AvgIpc) is 2.45. The summed E-state index contributed by atoms with van der Waals surface area (Å²) in [6.45, 7) is 2.67. The minimum absolute atomic E-state index is 0.441. The summed E-state index contributed by atoms with van der Waals surface area (Å²) in [5.41, 5.74) is 1.67. The van der Waals surface area contributed by atoms with Gasteiger partial charge in [0, 0.05) is 19.0 Å². The maximum atomic E-state index is 8.87. The van der Waals surface area contributed by atoms with Gasteiger partial charge in [-0.05, 0) is 24.1 Å². The minimum atomic E-state index is 0.441. The van der Waals surface area contributed by atoms with Gasteiger partial charge in [0.1, 0.15) is 16.8 Å². The van der Waals surface area contributed by atoms with Crippen LogP contribution in [0.25, 0.3) is 0 Å². The van der Waals surface area contributed by atoms with Gasteiger partial charge >= 0.3 is 0 Å². The van der Waals surface area contributed by atoms with Crippen LogP contribution in [0.2, 0.25) is 5.15 Å². The van der Waals surface area contributed by atoms with E-state index in [9.17, 15) is 0 Å². The van der Waals surface area contributed by atoms with E-state index >= 15 is 0 Å². The van der Waals surface area contributed by atoms with Gasteiger partial charge in [-0.3, -0.25) is 0 Å². The fraction of sp³-hybridized carbons (Fsp3) is 0.267. The number of nitrogens with one attached hydrogen (secondary N) is 1. The molecule has 102 valence electrons. The summed E-state index contributed by atoms with van der Waals surface area (Å²) in [4.78, 5) is 8.59. The minimum Gasteiger partial charge on any atom is -0.366 e. The zero-order chi connectivity index (χ0) is 14.4. The van der Waals surface area contributed by atoms with E-state index in [4.69, 9.17) is 16.9 Å². The molecule has 0 aliphatic carbocycles. The van der Waals surface area contributed by atoms with Crippen molar-refractivity contribution in [2.75, 3.05) is 5.32 Å². The number of anilines is 1. The number of nitrogens with zero attached hydrogens (tertiary/aromatic N) is 3. The van der Waals surface area contributed by atoms with Crippen LogP contribution < -0.4 is 5.32 Å². The molecular weight excluding hydrogens is 272 g/mol. The molecule has 0 bridgehead atoms. The van der Waals surface area contributed by atoms with E-state index in [1.165, 1.54) is 0 Å². The Bertz CT molecular complexity index is 634. The van der Waals surface area contributed by atoms with Gasteiger partial charge < -0.3 is 5.32 Å². The summed E-state index contributed by atoms with van der Waals surface area (Å²) >= 11 is 5.98. The number of benzene rings is 1. The molecule has 0 fully saturated rings. The van der Waals surface area contributed by atoms with Crippen LogP contribution in [0, 0.1) is 11.3 Å². The van der Waals surface area contributed by atoms with E-state index in [0.29, 0.717) is 23.1 Å². The van der Waals surface area contributed by atoms with Gasteiger partial charge in [0.2, 0.25) is 0 Å². The van der Waals surface area contributed by atoms with Gasteiger partial charge in [-0.2, -0.15) is 5.26 Å². The second kappa shape index (κ2) is 6.88. The Labute approximate surface area is 123 Å². The predicted molar refractivity (Wildman–Crippen MR) is 79.5 cm³/mol. The van der Waals surface area contributed by atoms with Gasteiger partial charge in [-0.15, -0.1) is 0 Å². The third kappa shape index (κ3) is 3.94. The number of aryl methyl sites for hydroxylation is 1. The highest BCUT2D eigenvalue weighted by atomic mass is 35.5.